The van der Waals surface area contributed by atoms with Gasteiger partial charge in [-0.2, -0.15) is 5.26 Å². The zero-order valence-corrected chi connectivity index (χ0v) is 13.7. The molecule has 0 aromatic heterocycles. The third-order valence-electron chi connectivity index (χ3n) is 4.41. The Morgan fingerprint density at radius 2 is 1.73 bits per heavy atom. The number of nitrogens with one attached hydrogen (secondary N) is 2. The SMILES string of the molecule is N#Cc1ccccc1NC(=O)C1CC1C(=O)Nc1ccc2c(c1)OCO2. The first-order valence-corrected chi connectivity index (χ1v) is 8.16. The molecule has 2 amide bonds. The molecule has 1 aliphatic carbocycles. The molecule has 1 heterocycles. The minimum absolute atomic E-state index is 0.168. The van der Waals surface area contributed by atoms with Crippen LogP contribution < -0.4 is 20.1 Å². The summed E-state index contributed by atoms with van der Waals surface area (Å²) in [7, 11) is 0. The summed E-state index contributed by atoms with van der Waals surface area (Å²) in [5, 5.41) is 14.6. The molecule has 1 saturated carbocycles. The van der Waals surface area contributed by atoms with Crippen molar-refractivity contribution in [2.75, 3.05) is 17.4 Å². The number of carbonyl (C=O) groups is 2. The van der Waals surface area contributed by atoms with E-state index in [-0.39, 0.29) is 24.5 Å². The number of para-hydroxylation sites is 1. The average Bonchev–Trinajstić information content (AvgIpc) is 3.33. The maximum atomic E-state index is 12.3. The van der Waals surface area contributed by atoms with Crippen LogP contribution in [0.1, 0.15) is 12.0 Å². The number of nitrogens with zero attached hydrogens (tertiary/aromatic N) is 1. The Morgan fingerprint density at radius 1 is 1.00 bits per heavy atom. The summed E-state index contributed by atoms with van der Waals surface area (Å²) in [6, 6.07) is 14.0. The van der Waals surface area contributed by atoms with Crippen LogP contribution in [0.3, 0.4) is 0 Å². The number of fused-ring (bicyclic) bond motifs is 1. The van der Waals surface area contributed by atoms with E-state index >= 15 is 0 Å². The molecule has 2 aliphatic rings. The highest BCUT2D eigenvalue weighted by Gasteiger charge is 2.48. The highest BCUT2D eigenvalue weighted by Crippen LogP contribution is 2.41. The number of rotatable bonds is 4. The minimum atomic E-state index is -0.393. The zero-order chi connectivity index (χ0) is 18.1. The number of amides is 2. The molecule has 2 aromatic carbocycles. The van der Waals surface area contributed by atoms with Crippen LogP contribution in [0.25, 0.3) is 0 Å². The van der Waals surface area contributed by atoms with Crippen molar-refractivity contribution in [2.45, 2.75) is 6.42 Å². The van der Waals surface area contributed by atoms with Gasteiger partial charge < -0.3 is 20.1 Å². The van der Waals surface area contributed by atoms with E-state index in [1.807, 2.05) is 6.07 Å². The second-order valence-electron chi connectivity index (χ2n) is 6.15. The van der Waals surface area contributed by atoms with Gasteiger partial charge in [0.1, 0.15) is 6.07 Å². The summed E-state index contributed by atoms with van der Waals surface area (Å²) < 4.78 is 10.5. The molecule has 0 bridgehead atoms. The third kappa shape index (κ3) is 3.05. The van der Waals surface area contributed by atoms with Gasteiger partial charge in [0.05, 0.1) is 23.1 Å². The van der Waals surface area contributed by atoms with Crippen molar-refractivity contribution < 1.29 is 19.1 Å². The largest absolute Gasteiger partial charge is 0.454 e. The van der Waals surface area contributed by atoms with Crippen LogP contribution in [-0.2, 0) is 9.59 Å². The van der Waals surface area contributed by atoms with Crippen molar-refractivity contribution in [2.24, 2.45) is 11.8 Å². The highest BCUT2D eigenvalue weighted by molar-refractivity contribution is 6.03. The van der Waals surface area contributed by atoms with Gasteiger partial charge >= 0.3 is 0 Å². The number of carbonyl (C=O) groups excluding carboxylic acids is 2. The van der Waals surface area contributed by atoms with Crippen molar-refractivity contribution >= 4 is 23.2 Å². The zero-order valence-electron chi connectivity index (χ0n) is 13.7. The van der Waals surface area contributed by atoms with E-state index in [1.165, 1.54) is 0 Å². The van der Waals surface area contributed by atoms with Crippen molar-refractivity contribution in [1.82, 2.24) is 0 Å². The lowest BCUT2D eigenvalue weighted by molar-refractivity contribution is -0.122. The maximum absolute atomic E-state index is 12.3. The molecule has 2 unspecified atom stereocenters. The monoisotopic (exact) mass is 349 g/mol. The van der Waals surface area contributed by atoms with Gasteiger partial charge in [-0.15, -0.1) is 0 Å². The number of hydrogen-bond acceptors (Lipinski definition) is 5. The minimum Gasteiger partial charge on any atom is -0.454 e. The molecule has 2 aromatic rings. The first-order chi connectivity index (χ1) is 12.7. The van der Waals surface area contributed by atoms with Crippen LogP contribution >= 0.6 is 0 Å². The molecule has 7 nitrogen and oxygen atoms in total. The van der Waals surface area contributed by atoms with Gasteiger partial charge in [-0.25, -0.2) is 0 Å². The smallest absolute Gasteiger partial charge is 0.231 e. The fourth-order valence-corrected chi connectivity index (χ4v) is 2.90. The Labute approximate surface area is 149 Å². The molecular weight excluding hydrogens is 334 g/mol. The van der Waals surface area contributed by atoms with E-state index in [0.717, 1.165) is 0 Å². The lowest BCUT2D eigenvalue weighted by atomic mass is 10.2. The molecule has 0 radical (unpaired) electrons. The van der Waals surface area contributed by atoms with Gasteiger partial charge in [0.2, 0.25) is 18.6 Å². The van der Waals surface area contributed by atoms with E-state index in [2.05, 4.69) is 10.6 Å². The summed E-state index contributed by atoms with van der Waals surface area (Å²) in [5.74, 6) is -0.00890. The van der Waals surface area contributed by atoms with Crippen molar-refractivity contribution in [1.29, 1.82) is 5.26 Å². The predicted molar refractivity (Wildman–Crippen MR) is 92.6 cm³/mol. The van der Waals surface area contributed by atoms with Crippen LogP contribution in [0, 0.1) is 23.2 Å². The van der Waals surface area contributed by atoms with Crippen LogP contribution in [0.2, 0.25) is 0 Å². The fourth-order valence-electron chi connectivity index (χ4n) is 2.90. The van der Waals surface area contributed by atoms with Crippen LogP contribution in [0.15, 0.2) is 42.5 Å². The molecule has 1 aliphatic heterocycles. The first-order valence-electron chi connectivity index (χ1n) is 8.16. The molecule has 26 heavy (non-hydrogen) atoms. The molecular formula is C19H15N3O4. The van der Waals surface area contributed by atoms with Gasteiger partial charge in [0.25, 0.3) is 0 Å². The molecule has 0 spiro atoms. The quantitative estimate of drug-likeness (QED) is 0.883. The summed E-state index contributed by atoms with van der Waals surface area (Å²) in [6.45, 7) is 0.168. The molecule has 2 N–H and O–H groups in total. The summed E-state index contributed by atoms with van der Waals surface area (Å²) in [4.78, 5) is 24.7. The van der Waals surface area contributed by atoms with Gasteiger partial charge in [0, 0.05) is 11.8 Å². The topological polar surface area (TPSA) is 100 Å². The third-order valence-corrected chi connectivity index (χ3v) is 4.41. The Bertz CT molecular complexity index is 935. The molecule has 4 rings (SSSR count). The molecule has 1 fully saturated rings. The lowest BCUT2D eigenvalue weighted by Crippen LogP contribution is -2.20. The van der Waals surface area contributed by atoms with Crippen LogP contribution in [0.4, 0.5) is 11.4 Å². The fraction of sp³-hybridized carbons (Fsp3) is 0.211. The second-order valence-corrected chi connectivity index (χ2v) is 6.15. The lowest BCUT2D eigenvalue weighted by Gasteiger charge is -2.07. The van der Waals surface area contributed by atoms with Crippen LogP contribution in [0.5, 0.6) is 11.5 Å². The van der Waals surface area contributed by atoms with Gasteiger partial charge in [-0.3, -0.25) is 9.59 Å². The van der Waals surface area contributed by atoms with E-state index in [1.54, 1.807) is 42.5 Å². The maximum Gasteiger partial charge on any atom is 0.231 e. The average molecular weight is 349 g/mol. The molecule has 2 atom stereocenters. The van der Waals surface area contributed by atoms with E-state index in [4.69, 9.17) is 14.7 Å². The predicted octanol–water partition coefficient (Wildman–Crippen LogP) is 2.50. The Balaban J connectivity index is 1.36. The van der Waals surface area contributed by atoms with Gasteiger partial charge in [-0.05, 0) is 30.7 Å². The summed E-state index contributed by atoms with van der Waals surface area (Å²) in [5.41, 5.74) is 1.45. The van der Waals surface area contributed by atoms with Crippen molar-refractivity contribution in [3.05, 3.63) is 48.0 Å². The number of ether oxygens (including phenoxy) is 2. The van der Waals surface area contributed by atoms with Crippen molar-refractivity contribution in [3.8, 4) is 17.6 Å². The summed E-state index contributed by atoms with van der Waals surface area (Å²) in [6.07, 6.45) is 0.483. The first kappa shape index (κ1) is 16.0. The number of benzene rings is 2. The number of anilines is 2. The van der Waals surface area contributed by atoms with E-state index in [9.17, 15) is 9.59 Å². The Hall–Kier alpha value is -3.53. The molecule has 130 valence electrons. The normalized spacial score (nSPS) is 19.3. The second kappa shape index (κ2) is 6.41. The van der Waals surface area contributed by atoms with Gasteiger partial charge in [-0.1, -0.05) is 12.1 Å². The Kier molecular flexibility index (Phi) is 3.93. The summed E-state index contributed by atoms with van der Waals surface area (Å²) >= 11 is 0. The van der Waals surface area contributed by atoms with Gasteiger partial charge in [0.15, 0.2) is 11.5 Å². The molecule has 0 saturated heterocycles. The van der Waals surface area contributed by atoms with E-state index < -0.39 is 5.92 Å². The highest BCUT2D eigenvalue weighted by atomic mass is 16.7. The van der Waals surface area contributed by atoms with Crippen molar-refractivity contribution in [3.63, 3.8) is 0 Å². The van der Waals surface area contributed by atoms with Crippen LogP contribution in [-0.4, -0.2) is 18.6 Å². The number of nitriles is 1. The number of hydrogen-bond donors (Lipinski definition) is 2. The standard InChI is InChI=1S/C19H15N3O4/c20-9-11-3-1-2-4-15(11)22-19(24)14-8-13(14)18(23)21-12-5-6-16-17(7-12)26-10-25-16/h1-7,13-14H,8,10H2,(H,21,23)(H,22,24). The molecule has 7 heteroatoms. The van der Waals surface area contributed by atoms with E-state index in [0.29, 0.717) is 34.9 Å². The Morgan fingerprint density at radius 3 is 2.54 bits per heavy atom.